The monoisotopic (exact) mass is 503 g/mol. The van der Waals surface area contributed by atoms with E-state index in [9.17, 15) is 9.59 Å². The fraction of sp³-hybridized carbons (Fsp3) is 0.250. The van der Waals surface area contributed by atoms with Gasteiger partial charge in [0.15, 0.2) is 5.11 Å². The molecule has 1 aliphatic heterocycles. The van der Waals surface area contributed by atoms with Gasteiger partial charge in [-0.05, 0) is 73.9 Å². The maximum atomic E-state index is 12.9. The van der Waals surface area contributed by atoms with Crippen LogP contribution < -0.4 is 20.1 Å². The summed E-state index contributed by atoms with van der Waals surface area (Å²) in [4.78, 5) is 27.6. The largest absolute Gasteiger partial charge is 0.490 e. The van der Waals surface area contributed by atoms with E-state index in [1.54, 1.807) is 48.5 Å². The van der Waals surface area contributed by atoms with Gasteiger partial charge in [-0.15, -0.1) is 0 Å². The van der Waals surface area contributed by atoms with Crippen molar-refractivity contribution < 1.29 is 19.1 Å². The molecule has 0 aliphatic carbocycles. The molecule has 3 aromatic carbocycles. The highest BCUT2D eigenvalue weighted by Crippen LogP contribution is 2.19. The summed E-state index contributed by atoms with van der Waals surface area (Å²) in [5.74, 6) is 0.803. The predicted octanol–water partition coefficient (Wildman–Crippen LogP) is 4.90. The summed E-state index contributed by atoms with van der Waals surface area (Å²) < 4.78 is 11.4. The standard InChI is InChI=1S/C28H29N3O4S/c32-26(24-14-5-6-15-25(24)35-19-18-34-23-12-3-1-4-13-23)30-28(36)29-22-11-9-10-21(20-22)27(33)31-16-7-2-8-17-31/h1,3-6,9-15,20H,2,7-8,16-19H2,(H2,29,30,32,36). The van der Waals surface area contributed by atoms with Crippen molar-refractivity contribution in [1.29, 1.82) is 0 Å². The Morgan fingerprint density at radius 2 is 1.56 bits per heavy atom. The average molecular weight is 504 g/mol. The van der Waals surface area contributed by atoms with Crippen LogP contribution in [0.15, 0.2) is 78.9 Å². The number of para-hydroxylation sites is 2. The van der Waals surface area contributed by atoms with Gasteiger partial charge in [-0.1, -0.05) is 36.4 Å². The van der Waals surface area contributed by atoms with Crippen molar-refractivity contribution in [2.45, 2.75) is 19.3 Å². The minimum absolute atomic E-state index is 0.00984. The third-order valence-corrected chi connectivity index (χ3v) is 5.93. The molecule has 1 fully saturated rings. The van der Waals surface area contributed by atoms with Crippen molar-refractivity contribution in [3.05, 3.63) is 90.0 Å². The van der Waals surface area contributed by atoms with Crippen LogP contribution >= 0.6 is 12.2 Å². The van der Waals surface area contributed by atoms with Gasteiger partial charge in [-0.3, -0.25) is 14.9 Å². The van der Waals surface area contributed by atoms with Gasteiger partial charge in [0.05, 0.1) is 5.56 Å². The number of ether oxygens (including phenoxy) is 2. The van der Waals surface area contributed by atoms with Crippen LogP contribution in [0.1, 0.15) is 40.0 Å². The highest BCUT2D eigenvalue weighted by atomic mass is 32.1. The molecule has 1 heterocycles. The lowest BCUT2D eigenvalue weighted by atomic mass is 10.1. The second kappa shape index (κ2) is 12.7. The molecular formula is C28H29N3O4S. The Kier molecular flexibility index (Phi) is 8.88. The predicted molar refractivity (Wildman–Crippen MR) is 144 cm³/mol. The summed E-state index contributed by atoms with van der Waals surface area (Å²) in [6, 6.07) is 23.5. The number of amides is 2. The zero-order chi connectivity index (χ0) is 25.2. The second-order valence-corrected chi connectivity index (χ2v) is 8.76. The number of hydrogen-bond donors (Lipinski definition) is 2. The van der Waals surface area contributed by atoms with Gasteiger partial charge < -0.3 is 19.7 Å². The van der Waals surface area contributed by atoms with Gasteiger partial charge in [0.1, 0.15) is 24.7 Å². The van der Waals surface area contributed by atoms with E-state index in [2.05, 4.69) is 10.6 Å². The van der Waals surface area contributed by atoms with Crippen molar-refractivity contribution >= 4 is 34.8 Å². The van der Waals surface area contributed by atoms with Crippen LogP contribution in [0.5, 0.6) is 11.5 Å². The van der Waals surface area contributed by atoms with E-state index in [0.29, 0.717) is 29.2 Å². The molecule has 1 aliphatic rings. The maximum Gasteiger partial charge on any atom is 0.261 e. The molecule has 2 N–H and O–H groups in total. The Labute approximate surface area is 216 Å². The maximum absolute atomic E-state index is 12.9. The van der Waals surface area contributed by atoms with Crippen molar-refractivity contribution in [2.24, 2.45) is 0 Å². The number of likely N-dealkylation sites (tertiary alicyclic amines) is 1. The van der Waals surface area contributed by atoms with Crippen molar-refractivity contribution in [2.75, 3.05) is 31.6 Å². The first kappa shape index (κ1) is 25.2. The van der Waals surface area contributed by atoms with Crippen LogP contribution in [0, 0.1) is 0 Å². The Balaban J connectivity index is 1.31. The molecule has 2 amide bonds. The van der Waals surface area contributed by atoms with E-state index in [0.717, 1.165) is 38.1 Å². The Hall–Kier alpha value is -3.91. The minimum atomic E-state index is -0.396. The highest BCUT2D eigenvalue weighted by molar-refractivity contribution is 7.80. The molecule has 0 radical (unpaired) electrons. The summed E-state index contributed by atoms with van der Waals surface area (Å²) >= 11 is 5.35. The lowest BCUT2D eigenvalue weighted by Gasteiger charge is -2.26. The third kappa shape index (κ3) is 7.05. The van der Waals surface area contributed by atoms with Crippen molar-refractivity contribution in [3.63, 3.8) is 0 Å². The highest BCUT2D eigenvalue weighted by Gasteiger charge is 2.19. The van der Waals surface area contributed by atoms with Crippen molar-refractivity contribution in [1.82, 2.24) is 10.2 Å². The topological polar surface area (TPSA) is 79.9 Å². The van der Waals surface area contributed by atoms with Crippen LogP contribution in [0.25, 0.3) is 0 Å². The van der Waals surface area contributed by atoms with Gasteiger partial charge in [-0.2, -0.15) is 0 Å². The number of carbonyl (C=O) groups excluding carboxylic acids is 2. The molecular weight excluding hydrogens is 474 g/mol. The van der Waals surface area contributed by atoms with Crippen LogP contribution in [0.2, 0.25) is 0 Å². The lowest BCUT2D eigenvalue weighted by molar-refractivity contribution is 0.0724. The number of carbonyl (C=O) groups is 2. The molecule has 0 atom stereocenters. The normalized spacial score (nSPS) is 12.9. The third-order valence-electron chi connectivity index (χ3n) is 5.72. The fourth-order valence-electron chi connectivity index (χ4n) is 3.95. The van der Waals surface area contributed by atoms with Gasteiger partial charge in [0, 0.05) is 24.3 Å². The molecule has 8 heteroatoms. The number of rotatable bonds is 8. The molecule has 186 valence electrons. The Morgan fingerprint density at radius 3 is 2.36 bits per heavy atom. The number of benzene rings is 3. The van der Waals surface area contributed by atoms with Crippen molar-refractivity contribution in [3.8, 4) is 11.5 Å². The SMILES string of the molecule is O=C(NC(=S)Nc1cccc(C(=O)N2CCCCC2)c1)c1ccccc1OCCOc1ccccc1. The Bertz CT molecular complexity index is 1200. The molecule has 0 aromatic heterocycles. The van der Waals surface area contributed by atoms with Crippen LogP contribution in [0.4, 0.5) is 5.69 Å². The summed E-state index contributed by atoms with van der Waals surface area (Å²) in [6.07, 6.45) is 3.23. The average Bonchev–Trinajstić information content (AvgIpc) is 2.92. The first-order chi connectivity index (χ1) is 17.6. The van der Waals surface area contributed by atoms with E-state index in [-0.39, 0.29) is 17.6 Å². The molecule has 0 saturated carbocycles. The number of hydrogen-bond acceptors (Lipinski definition) is 5. The molecule has 7 nitrogen and oxygen atoms in total. The van der Waals surface area contributed by atoms with E-state index < -0.39 is 5.91 Å². The van der Waals surface area contributed by atoms with Crippen LogP contribution in [-0.2, 0) is 0 Å². The number of nitrogens with one attached hydrogen (secondary N) is 2. The van der Waals surface area contributed by atoms with Gasteiger partial charge in [-0.25, -0.2) is 0 Å². The quantitative estimate of drug-likeness (QED) is 0.336. The zero-order valence-electron chi connectivity index (χ0n) is 19.9. The smallest absolute Gasteiger partial charge is 0.261 e. The number of nitrogens with zero attached hydrogens (tertiary/aromatic N) is 1. The van der Waals surface area contributed by atoms with Crippen LogP contribution in [0.3, 0.4) is 0 Å². The number of anilines is 1. The van der Waals surface area contributed by atoms with E-state index in [1.807, 2.05) is 35.2 Å². The van der Waals surface area contributed by atoms with Gasteiger partial charge in [0.25, 0.3) is 11.8 Å². The van der Waals surface area contributed by atoms with E-state index >= 15 is 0 Å². The molecule has 0 bridgehead atoms. The van der Waals surface area contributed by atoms with E-state index in [1.165, 1.54) is 0 Å². The second-order valence-electron chi connectivity index (χ2n) is 8.35. The molecule has 36 heavy (non-hydrogen) atoms. The Morgan fingerprint density at radius 1 is 0.833 bits per heavy atom. The minimum Gasteiger partial charge on any atom is -0.490 e. The summed E-state index contributed by atoms with van der Waals surface area (Å²) in [6.45, 7) is 2.18. The first-order valence-corrected chi connectivity index (χ1v) is 12.4. The van der Waals surface area contributed by atoms with Crippen LogP contribution in [-0.4, -0.2) is 48.1 Å². The van der Waals surface area contributed by atoms with E-state index in [4.69, 9.17) is 21.7 Å². The molecule has 0 spiro atoms. The van der Waals surface area contributed by atoms with Gasteiger partial charge in [0.2, 0.25) is 0 Å². The summed E-state index contributed by atoms with van der Waals surface area (Å²) in [5.41, 5.74) is 1.58. The molecule has 0 unspecified atom stereocenters. The summed E-state index contributed by atoms with van der Waals surface area (Å²) in [5, 5.41) is 5.82. The molecule has 4 rings (SSSR count). The number of piperidine rings is 1. The lowest BCUT2D eigenvalue weighted by Crippen LogP contribution is -2.36. The van der Waals surface area contributed by atoms with Gasteiger partial charge >= 0.3 is 0 Å². The first-order valence-electron chi connectivity index (χ1n) is 12.0. The number of thiocarbonyl (C=S) groups is 1. The fourth-order valence-corrected chi connectivity index (χ4v) is 4.16. The summed E-state index contributed by atoms with van der Waals surface area (Å²) in [7, 11) is 0. The molecule has 1 saturated heterocycles. The molecule has 3 aromatic rings. The zero-order valence-corrected chi connectivity index (χ0v) is 20.8.